The van der Waals surface area contributed by atoms with Crippen LogP contribution in [0, 0.1) is 0 Å². The van der Waals surface area contributed by atoms with Gasteiger partial charge in [0.25, 0.3) is 0 Å². The van der Waals surface area contributed by atoms with E-state index in [9.17, 15) is 24.0 Å². The van der Waals surface area contributed by atoms with E-state index in [-0.39, 0.29) is 62.7 Å². The Bertz CT molecular complexity index is 1010. The second kappa shape index (κ2) is 20.0. The lowest BCUT2D eigenvalue weighted by molar-refractivity contribution is -0.656. The second-order valence-electron chi connectivity index (χ2n) is 10.5. The van der Waals surface area contributed by atoms with Gasteiger partial charge < -0.3 is 33.9 Å². The highest BCUT2D eigenvalue weighted by Gasteiger charge is 2.23. The maximum absolute atomic E-state index is 12.5. The SMILES string of the molecule is C=C(C)C(=O)OCC[NH2+]CCOC(=O)C(=C)CCCC(=C)C(=O)OCCN(CCOC(=O)C(=C)C)C(=O)OC(C)(C)C. The molecule has 0 unspecified atom stereocenters. The van der Waals surface area contributed by atoms with E-state index >= 15 is 0 Å². The third kappa shape index (κ3) is 18.4. The van der Waals surface area contributed by atoms with Crippen molar-refractivity contribution in [3.63, 3.8) is 0 Å². The van der Waals surface area contributed by atoms with Crippen LogP contribution in [0.25, 0.3) is 0 Å². The molecule has 0 aromatic heterocycles. The first kappa shape index (κ1) is 38.1. The first-order valence-electron chi connectivity index (χ1n) is 13.7. The van der Waals surface area contributed by atoms with Crippen LogP contribution in [0.4, 0.5) is 4.79 Å². The quantitative estimate of drug-likeness (QED) is 0.0961. The zero-order valence-electron chi connectivity index (χ0n) is 25.7. The van der Waals surface area contributed by atoms with Crippen LogP contribution in [-0.4, -0.2) is 93.1 Å². The lowest BCUT2D eigenvalue weighted by Crippen LogP contribution is -2.86. The van der Waals surface area contributed by atoms with Crippen molar-refractivity contribution in [2.45, 2.75) is 59.5 Å². The molecule has 236 valence electrons. The molecule has 0 heterocycles. The Kier molecular flexibility index (Phi) is 18.2. The number of rotatable bonds is 20. The van der Waals surface area contributed by atoms with Gasteiger partial charge in [-0.25, -0.2) is 24.0 Å². The van der Waals surface area contributed by atoms with Crippen molar-refractivity contribution in [1.82, 2.24) is 4.90 Å². The molecular weight excluding hydrogens is 548 g/mol. The van der Waals surface area contributed by atoms with Crippen LogP contribution in [0.15, 0.2) is 48.6 Å². The van der Waals surface area contributed by atoms with Crippen LogP contribution >= 0.6 is 0 Å². The molecule has 0 saturated heterocycles. The lowest BCUT2D eigenvalue weighted by Gasteiger charge is -2.27. The summed E-state index contributed by atoms with van der Waals surface area (Å²) >= 11 is 0. The Balaban J connectivity index is 4.37. The van der Waals surface area contributed by atoms with Crippen LogP contribution in [0.1, 0.15) is 53.9 Å². The fraction of sp³-hybridized carbons (Fsp3) is 0.567. The molecule has 1 amide bonds. The van der Waals surface area contributed by atoms with Gasteiger partial charge in [-0.3, -0.25) is 0 Å². The number of hydrogen-bond acceptors (Lipinski definition) is 10. The summed E-state index contributed by atoms with van der Waals surface area (Å²) in [5.74, 6) is -2.18. The largest absolute Gasteiger partial charge is 0.460 e. The molecule has 0 aliphatic heterocycles. The number of ether oxygens (including phenoxy) is 5. The van der Waals surface area contributed by atoms with Crippen LogP contribution in [0.3, 0.4) is 0 Å². The van der Waals surface area contributed by atoms with Gasteiger partial charge in [0.2, 0.25) is 0 Å². The van der Waals surface area contributed by atoms with Crippen molar-refractivity contribution in [2.75, 3.05) is 52.6 Å². The minimum Gasteiger partial charge on any atom is -0.460 e. The Hall–Kier alpha value is -3.93. The van der Waals surface area contributed by atoms with Gasteiger partial charge in [-0.15, -0.1) is 0 Å². The van der Waals surface area contributed by atoms with Gasteiger partial charge in [0.1, 0.15) is 45.1 Å². The summed E-state index contributed by atoms with van der Waals surface area (Å²) in [4.78, 5) is 61.1. The summed E-state index contributed by atoms with van der Waals surface area (Å²) in [6.07, 6.45) is 0.367. The first-order chi connectivity index (χ1) is 19.5. The lowest BCUT2D eigenvalue weighted by atomic mass is 10.1. The van der Waals surface area contributed by atoms with Crippen molar-refractivity contribution in [3.05, 3.63) is 48.6 Å². The maximum Gasteiger partial charge on any atom is 0.410 e. The van der Waals surface area contributed by atoms with Gasteiger partial charge in [0, 0.05) is 22.3 Å². The predicted molar refractivity (Wildman–Crippen MR) is 155 cm³/mol. The molecule has 0 atom stereocenters. The standard InChI is InChI=1S/C30H46N2O10/c1-21(2)25(33)38-17-13-31-14-18-39-27(35)23(5)11-10-12-24(6)28(36)41-20-16-32(29(37)42-30(7,8)9)15-19-40-26(34)22(3)4/h31H,1,3,5-6,10-20H2,2,4,7-9H3/p+1. The second-order valence-corrected chi connectivity index (χ2v) is 10.5. The van der Waals surface area contributed by atoms with E-state index in [0.29, 0.717) is 31.5 Å². The normalized spacial score (nSPS) is 10.6. The van der Waals surface area contributed by atoms with Crippen LogP contribution in [0.2, 0.25) is 0 Å². The molecule has 0 aromatic rings. The monoisotopic (exact) mass is 595 g/mol. The van der Waals surface area contributed by atoms with Crippen molar-refractivity contribution < 1.29 is 53.0 Å². The molecule has 12 heteroatoms. The molecule has 0 rings (SSSR count). The Morgan fingerprint density at radius 3 is 1.43 bits per heavy atom. The summed E-state index contributed by atoms with van der Waals surface area (Å²) in [5.41, 5.74) is 0.302. The molecule has 0 aliphatic rings. The highest BCUT2D eigenvalue weighted by molar-refractivity contribution is 5.89. The predicted octanol–water partition coefficient (Wildman–Crippen LogP) is 2.39. The maximum atomic E-state index is 12.5. The van der Waals surface area contributed by atoms with E-state index in [4.69, 9.17) is 23.7 Å². The Morgan fingerprint density at radius 2 is 1.02 bits per heavy atom. The molecular formula is C30H47N2O10+. The number of carbonyl (C=O) groups excluding carboxylic acids is 5. The molecule has 12 nitrogen and oxygen atoms in total. The number of carbonyl (C=O) groups is 5. The number of hydrogen-bond donors (Lipinski definition) is 1. The number of nitrogens with two attached hydrogens (primary N) is 1. The van der Waals surface area contributed by atoms with Crippen molar-refractivity contribution in [1.29, 1.82) is 0 Å². The molecule has 0 aliphatic carbocycles. The van der Waals surface area contributed by atoms with Gasteiger partial charge >= 0.3 is 30.0 Å². The van der Waals surface area contributed by atoms with E-state index in [0.717, 1.165) is 0 Å². The van der Waals surface area contributed by atoms with Crippen molar-refractivity contribution in [3.8, 4) is 0 Å². The number of esters is 4. The molecule has 0 spiro atoms. The Labute approximate surface area is 248 Å². The smallest absolute Gasteiger partial charge is 0.410 e. The molecule has 0 fully saturated rings. The van der Waals surface area contributed by atoms with Gasteiger partial charge in [-0.2, -0.15) is 0 Å². The zero-order chi connectivity index (χ0) is 32.3. The summed E-state index contributed by atoms with van der Waals surface area (Å²) in [7, 11) is 0. The molecule has 2 N–H and O–H groups in total. The fourth-order valence-electron chi connectivity index (χ4n) is 2.90. The summed E-state index contributed by atoms with van der Waals surface area (Å²) in [5, 5.41) is 1.85. The average molecular weight is 596 g/mol. The molecule has 0 aromatic carbocycles. The molecule has 0 saturated carbocycles. The minimum absolute atomic E-state index is 0.0122. The Morgan fingerprint density at radius 1 is 0.643 bits per heavy atom. The summed E-state index contributed by atoms with van der Waals surface area (Å²) < 4.78 is 25.8. The first-order valence-corrected chi connectivity index (χ1v) is 13.7. The van der Waals surface area contributed by atoms with E-state index in [1.54, 1.807) is 27.7 Å². The van der Waals surface area contributed by atoms with Gasteiger partial charge in [0.05, 0.1) is 13.1 Å². The highest BCUT2D eigenvalue weighted by atomic mass is 16.6. The third-order valence-corrected chi connectivity index (χ3v) is 5.18. The van der Waals surface area contributed by atoms with E-state index in [2.05, 4.69) is 26.3 Å². The fourth-order valence-corrected chi connectivity index (χ4v) is 2.90. The van der Waals surface area contributed by atoms with E-state index < -0.39 is 35.6 Å². The summed E-state index contributed by atoms with van der Waals surface area (Å²) in [6, 6.07) is 0. The van der Waals surface area contributed by atoms with Crippen LogP contribution in [0.5, 0.6) is 0 Å². The van der Waals surface area contributed by atoms with E-state index in [1.165, 1.54) is 11.8 Å². The van der Waals surface area contributed by atoms with Gasteiger partial charge in [0.15, 0.2) is 0 Å². The zero-order valence-corrected chi connectivity index (χ0v) is 25.7. The number of nitrogens with zero attached hydrogens (tertiary/aromatic N) is 1. The van der Waals surface area contributed by atoms with E-state index in [1.807, 2.05) is 5.32 Å². The highest BCUT2D eigenvalue weighted by Crippen LogP contribution is 2.13. The average Bonchev–Trinajstić information content (AvgIpc) is 2.89. The minimum atomic E-state index is -0.744. The van der Waals surface area contributed by atoms with Crippen molar-refractivity contribution >= 4 is 30.0 Å². The number of amides is 1. The number of quaternary nitrogens is 1. The van der Waals surface area contributed by atoms with Crippen LogP contribution < -0.4 is 5.32 Å². The van der Waals surface area contributed by atoms with Gasteiger partial charge in [-0.1, -0.05) is 26.3 Å². The summed E-state index contributed by atoms with van der Waals surface area (Å²) in [6.45, 7) is 24.0. The van der Waals surface area contributed by atoms with Gasteiger partial charge in [-0.05, 0) is 53.9 Å². The molecule has 0 bridgehead atoms. The molecule has 0 radical (unpaired) electrons. The molecule has 42 heavy (non-hydrogen) atoms. The topological polar surface area (TPSA) is 151 Å². The van der Waals surface area contributed by atoms with Crippen molar-refractivity contribution in [2.24, 2.45) is 0 Å². The third-order valence-electron chi connectivity index (χ3n) is 5.18. The van der Waals surface area contributed by atoms with Crippen LogP contribution in [-0.2, 0) is 42.9 Å².